The van der Waals surface area contributed by atoms with Gasteiger partial charge in [-0.2, -0.15) is 0 Å². The first-order valence-corrected chi connectivity index (χ1v) is 6.67. The molecule has 1 unspecified atom stereocenters. The highest BCUT2D eigenvalue weighted by molar-refractivity contribution is 5.97. The van der Waals surface area contributed by atoms with Crippen LogP contribution in [0, 0.1) is 0 Å². The first-order valence-electron chi connectivity index (χ1n) is 6.67. The second kappa shape index (κ2) is 7.36. The lowest BCUT2D eigenvalue weighted by molar-refractivity contribution is -0.143. The van der Waals surface area contributed by atoms with Crippen LogP contribution in [0.4, 0.5) is 0 Å². The van der Waals surface area contributed by atoms with E-state index < -0.39 is 12.0 Å². The molecule has 0 saturated heterocycles. The zero-order chi connectivity index (χ0) is 15.1. The second-order valence-corrected chi connectivity index (χ2v) is 4.54. The fourth-order valence-electron chi connectivity index (χ4n) is 2.02. The van der Waals surface area contributed by atoms with E-state index in [-0.39, 0.29) is 12.3 Å². The molecule has 0 bridgehead atoms. The molecule has 0 heterocycles. The molecule has 108 valence electrons. The number of methoxy groups -OCH3 is 1. The molecule has 0 aliphatic rings. The number of hydrogen-bond acceptors (Lipinski definition) is 4. The quantitative estimate of drug-likeness (QED) is 0.653. The van der Waals surface area contributed by atoms with Gasteiger partial charge in [-0.15, -0.1) is 0 Å². The topological polar surface area (TPSA) is 55.4 Å². The number of Topliss-reactive ketones (excluding diaryl/α,β-unsaturated/α-hetero) is 1. The fourth-order valence-corrected chi connectivity index (χ4v) is 2.02. The van der Waals surface area contributed by atoms with E-state index in [9.17, 15) is 9.59 Å². The number of ketones is 1. The number of carbonyl (C=O) groups excluding carboxylic acids is 2. The Bertz CT molecular complexity index is 596. The van der Waals surface area contributed by atoms with Gasteiger partial charge in [0.25, 0.3) is 0 Å². The molecule has 0 radical (unpaired) electrons. The second-order valence-electron chi connectivity index (χ2n) is 4.54. The third kappa shape index (κ3) is 4.00. The van der Waals surface area contributed by atoms with E-state index in [1.54, 1.807) is 12.1 Å². The lowest BCUT2D eigenvalue weighted by Crippen LogP contribution is -2.33. The van der Waals surface area contributed by atoms with Gasteiger partial charge in [-0.25, -0.2) is 4.79 Å². The van der Waals surface area contributed by atoms with E-state index in [0.717, 1.165) is 5.56 Å². The Morgan fingerprint density at radius 1 is 1.00 bits per heavy atom. The summed E-state index contributed by atoms with van der Waals surface area (Å²) in [4.78, 5) is 23.9. The molecule has 0 fully saturated rings. The molecule has 2 rings (SSSR count). The summed E-state index contributed by atoms with van der Waals surface area (Å²) in [6, 6.07) is 17.5. The summed E-state index contributed by atoms with van der Waals surface area (Å²) in [6.07, 6.45) is 0. The maximum atomic E-state index is 12.1. The molecule has 0 aliphatic carbocycles. The van der Waals surface area contributed by atoms with Gasteiger partial charge >= 0.3 is 5.97 Å². The van der Waals surface area contributed by atoms with Crippen LogP contribution in [-0.4, -0.2) is 25.4 Å². The van der Waals surface area contributed by atoms with Crippen LogP contribution in [0.2, 0.25) is 0 Å². The predicted molar refractivity (Wildman–Crippen MR) is 80.0 cm³/mol. The van der Waals surface area contributed by atoms with Gasteiger partial charge in [-0.05, 0) is 5.56 Å². The Hall–Kier alpha value is -2.46. The van der Waals surface area contributed by atoms with Gasteiger partial charge in [0.1, 0.15) is 6.04 Å². The number of rotatable bonds is 6. The minimum Gasteiger partial charge on any atom is -0.468 e. The van der Waals surface area contributed by atoms with Gasteiger partial charge in [0, 0.05) is 5.56 Å². The van der Waals surface area contributed by atoms with Crippen molar-refractivity contribution in [3.63, 3.8) is 0 Å². The third-order valence-electron chi connectivity index (χ3n) is 3.13. The van der Waals surface area contributed by atoms with Gasteiger partial charge in [0.05, 0.1) is 13.7 Å². The first-order chi connectivity index (χ1) is 10.2. The van der Waals surface area contributed by atoms with Crippen molar-refractivity contribution in [2.75, 3.05) is 13.7 Å². The smallest absolute Gasteiger partial charge is 0.327 e. The fraction of sp³-hybridized carbons (Fsp3) is 0.176. The average Bonchev–Trinajstić information content (AvgIpc) is 2.56. The van der Waals surface area contributed by atoms with Crippen molar-refractivity contribution in [2.45, 2.75) is 6.04 Å². The summed E-state index contributed by atoms with van der Waals surface area (Å²) in [6.45, 7) is 0.0681. The van der Waals surface area contributed by atoms with Crippen LogP contribution >= 0.6 is 0 Å². The van der Waals surface area contributed by atoms with E-state index in [0.29, 0.717) is 5.56 Å². The highest BCUT2D eigenvalue weighted by atomic mass is 16.5. The van der Waals surface area contributed by atoms with Gasteiger partial charge in [-0.3, -0.25) is 10.1 Å². The molecule has 0 amide bonds. The van der Waals surface area contributed by atoms with E-state index in [1.807, 2.05) is 48.5 Å². The van der Waals surface area contributed by atoms with E-state index in [2.05, 4.69) is 5.32 Å². The molecule has 1 N–H and O–H groups in total. The Morgan fingerprint density at radius 2 is 1.57 bits per heavy atom. The number of hydrogen-bond donors (Lipinski definition) is 1. The molecule has 4 heteroatoms. The number of benzene rings is 2. The number of ether oxygens (including phenoxy) is 1. The van der Waals surface area contributed by atoms with Gasteiger partial charge < -0.3 is 4.74 Å². The maximum Gasteiger partial charge on any atom is 0.327 e. The van der Waals surface area contributed by atoms with Crippen molar-refractivity contribution < 1.29 is 14.3 Å². The molecule has 0 spiro atoms. The van der Waals surface area contributed by atoms with Crippen LogP contribution in [0.25, 0.3) is 0 Å². The van der Waals surface area contributed by atoms with E-state index in [4.69, 9.17) is 4.74 Å². The Kier molecular flexibility index (Phi) is 5.23. The maximum absolute atomic E-state index is 12.1. The normalized spacial score (nSPS) is 11.7. The SMILES string of the molecule is COC(=O)C(NCC(=O)c1ccccc1)c1ccccc1. The minimum atomic E-state index is -0.649. The summed E-state index contributed by atoms with van der Waals surface area (Å²) < 4.78 is 4.79. The van der Waals surface area contributed by atoms with Gasteiger partial charge in [0.15, 0.2) is 5.78 Å². The summed E-state index contributed by atoms with van der Waals surface area (Å²) in [5.74, 6) is -0.484. The summed E-state index contributed by atoms with van der Waals surface area (Å²) >= 11 is 0. The molecule has 1 atom stereocenters. The standard InChI is InChI=1S/C17H17NO3/c1-21-17(20)16(14-10-6-3-7-11-14)18-12-15(19)13-8-4-2-5-9-13/h2-11,16,18H,12H2,1H3. The molecule has 0 aliphatic heterocycles. The highest BCUT2D eigenvalue weighted by Gasteiger charge is 2.21. The number of carbonyl (C=O) groups is 2. The minimum absolute atomic E-state index is 0.0681. The monoisotopic (exact) mass is 283 g/mol. The number of esters is 1. The molecular weight excluding hydrogens is 266 g/mol. The predicted octanol–water partition coefficient (Wildman–Crippen LogP) is 2.37. The molecule has 2 aromatic rings. The zero-order valence-electron chi connectivity index (χ0n) is 11.8. The van der Waals surface area contributed by atoms with E-state index in [1.165, 1.54) is 7.11 Å². The zero-order valence-corrected chi connectivity index (χ0v) is 11.8. The van der Waals surface area contributed by atoms with Crippen molar-refractivity contribution >= 4 is 11.8 Å². The van der Waals surface area contributed by atoms with Crippen LogP contribution in [0.1, 0.15) is 22.0 Å². The average molecular weight is 283 g/mol. The lowest BCUT2D eigenvalue weighted by Gasteiger charge is -2.16. The molecule has 0 saturated carbocycles. The van der Waals surface area contributed by atoms with Crippen molar-refractivity contribution in [3.8, 4) is 0 Å². The van der Waals surface area contributed by atoms with Crippen LogP contribution in [0.5, 0.6) is 0 Å². The Morgan fingerprint density at radius 3 is 2.14 bits per heavy atom. The van der Waals surface area contributed by atoms with Crippen LogP contribution in [0.3, 0.4) is 0 Å². The van der Waals surface area contributed by atoms with Crippen LogP contribution < -0.4 is 5.32 Å². The molecule has 2 aromatic carbocycles. The molecular formula is C17H17NO3. The van der Waals surface area contributed by atoms with E-state index >= 15 is 0 Å². The van der Waals surface area contributed by atoms with Gasteiger partial charge in [-0.1, -0.05) is 60.7 Å². The third-order valence-corrected chi connectivity index (χ3v) is 3.13. The van der Waals surface area contributed by atoms with Crippen LogP contribution in [0.15, 0.2) is 60.7 Å². The molecule has 0 aromatic heterocycles. The Labute approximate surface area is 123 Å². The summed E-state index contributed by atoms with van der Waals surface area (Å²) in [5, 5.41) is 2.96. The van der Waals surface area contributed by atoms with Gasteiger partial charge in [0.2, 0.25) is 0 Å². The Balaban J connectivity index is 2.07. The van der Waals surface area contributed by atoms with Crippen molar-refractivity contribution in [2.24, 2.45) is 0 Å². The lowest BCUT2D eigenvalue weighted by atomic mass is 10.1. The van der Waals surface area contributed by atoms with Crippen molar-refractivity contribution in [1.82, 2.24) is 5.32 Å². The van der Waals surface area contributed by atoms with Crippen LogP contribution in [-0.2, 0) is 9.53 Å². The highest BCUT2D eigenvalue weighted by Crippen LogP contribution is 2.14. The molecule has 4 nitrogen and oxygen atoms in total. The summed E-state index contributed by atoms with van der Waals surface area (Å²) in [5.41, 5.74) is 1.38. The first kappa shape index (κ1) is 14.9. The van der Waals surface area contributed by atoms with Crippen molar-refractivity contribution in [1.29, 1.82) is 0 Å². The largest absolute Gasteiger partial charge is 0.468 e. The number of nitrogens with one attached hydrogen (secondary N) is 1. The molecule has 21 heavy (non-hydrogen) atoms. The summed E-state index contributed by atoms with van der Waals surface area (Å²) in [7, 11) is 1.33. The van der Waals surface area contributed by atoms with Crippen molar-refractivity contribution in [3.05, 3.63) is 71.8 Å².